The lowest BCUT2D eigenvalue weighted by Gasteiger charge is -2.18. The maximum Gasteiger partial charge on any atom is 0.241 e. The van der Waals surface area contributed by atoms with Gasteiger partial charge in [-0.3, -0.25) is 4.98 Å². The number of hydrogen-bond donors (Lipinski definition) is 1. The Morgan fingerprint density at radius 1 is 1.24 bits per heavy atom. The average Bonchev–Trinajstić information content (AvgIpc) is 3.30. The van der Waals surface area contributed by atoms with Gasteiger partial charge in [-0.25, -0.2) is 13.1 Å². The van der Waals surface area contributed by atoms with E-state index in [0.29, 0.717) is 10.9 Å². The fourth-order valence-electron chi connectivity index (χ4n) is 2.30. The average molecular weight is 323 g/mol. The highest BCUT2D eigenvalue weighted by molar-refractivity contribution is 7.89. The smallest absolute Gasteiger partial charge is 0.241 e. The molecule has 110 valence electrons. The molecule has 1 N–H and O–H groups in total. The van der Waals surface area contributed by atoms with Crippen LogP contribution < -0.4 is 4.72 Å². The van der Waals surface area contributed by atoms with Crippen LogP contribution in [0.3, 0.4) is 0 Å². The summed E-state index contributed by atoms with van der Waals surface area (Å²) in [5.74, 6) is 0.336. The molecular weight excluding hydrogens is 308 g/mol. The van der Waals surface area contributed by atoms with Gasteiger partial charge in [-0.1, -0.05) is 23.7 Å². The lowest BCUT2D eigenvalue weighted by atomic mass is 10.1. The minimum atomic E-state index is -3.60. The van der Waals surface area contributed by atoms with Crippen molar-refractivity contribution in [3.8, 4) is 0 Å². The highest BCUT2D eigenvalue weighted by atomic mass is 35.5. The molecule has 1 aliphatic rings. The minimum absolute atomic E-state index is 0.185. The molecule has 21 heavy (non-hydrogen) atoms. The summed E-state index contributed by atoms with van der Waals surface area (Å²) >= 11 is 5.88. The van der Waals surface area contributed by atoms with Crippen LogP contribution in [0.25, 0.3) is 0 Å². The Balaban J connectivity index is 1.89. The van der Waals surface area contributed by atoms with Gasteiger partial charge in [0.2, 0.25) is 10.0 Å². The fourth-order valence-corrected chi connectivity index (χ4v) is 3.89. The second kappa shape index (κ2) is 5.75. The lowest BCUT2D eigenvalue weighted by molar-refractivity contribution is 0.528. The first kappa shape index (κ1) is 14.5. The van der Waals surface area contributed by atoms with Gasteiger partial charge in [0.25, 0.3) is 0 Å². The number of nitrogens with one attached hydrogen (secondary N) is 1. The monoisotopic (exact) mass is 322 g/mol. The van der Waals surface area contributed by atoms with E-state index in [1.54, 1.807) is 30.6 Å². The second-order valence-corrected chi connectivity index (χ2v) is 7.33. The highest BCUT2D eigenvalue weighted by Gasteiger charge is 2.35. The summed E-state index contributed by atoms with van der Waals surface area (Å²) in [6.07, 6.45) is 5.44. The number of benzene rings is 1. The molecule has 1 heterocycles. The number of sulfonamides is 1. The van der Waals surface area contributed by atoms with Gasteiger partial charge in [-0.15, -0.1) is 0 Å². The zero-order valence-corrected chi connectivity index (χ0v) is 12.8. The van der Waals surface area contributed by atoms with Crippen molar-refractivity contribution in [2.75, 3.05) is 0 Å². The molecule has 2 aromatic rings. The third-order valence-electron chi connectivity index (χ3n) is 3.53. The first-order chi connectivity index (χ1) is 10.1. The molecule has 3 rings (SSSR count). The summed E-state index contributed by atoms with van der Waals surface area (Å²) in [6.45, 7) is 0. The molecule has 0 saturated heterocycles. The molecule has 0 spiro atoms. The van der Waals surface area contributed by atoms with Gasteiger partial charge >= 0.3 is 0 Å². The van der Waals surface area contributed by atoms with Crippen molar-refractivity contribution in [3.63, 3.8) is 0 Å². The van der Waals surface area contributed by atoms with Gasteiger partial charge in [-0.2, -0.15) is 0 Å². The Kier molecular flexibility index (Phi) is 3.97. The number of rotatable bonds is 5. The summed E-state index contributed by atoms with van der Waals surface area (Å²) in [5.41, 5.74) is 0.894. The Morgan fingerprint density at radius 3 is 2.67 bits per heavy atom. The molecule has 0 aliphatic heterocycles. The van der Waals surface area contributed by atoms with E-state index in [9.17, 15) is 8.42 Å². The van der Waals surface area contributed by atoms with Crippen LogP contribution in [0, 0.1) is 5.92 Å². The molecule has 1 aliphatic carbocycles. The Hall–Kier alpha value is -1.43. The zero-order chi connectivity index (χ0) is 14.9. The largest absolute Gasteiger partial charge is 0.264 e. The molecule has 0 amide bonds. The van der Waals surface area contributed by atoms with E-state index in [2.05, 4.69) is 9.71 Å². The van der Waals surface area contributed by atoms with E-state index in [0.717, 1.165) is 18.4 Å². The van der Waals surface area contributed by atoms with Gasteiger partial charge < -0.3 is 0 Å². The normalized spacial score (nSPS) is 16.6. The first-order valence-electron chi connectivity index (χ1n) is 6.74. The molecule has 1 atom stereocenters. The van der Waals surface area contributed by atoms with Crippen LogP contribution in [0.5, 0.6) is 0 Å². The van der Waals surface area contributed by atoms with E-state index in [-0.39, 0.29) is 10.9 Å². The van der Waals surface area contributed by atoms with E-state index in [1.807, 2.05) is 12.1 Å². The summed E-state index contributed by atoms with van der Waals surface area (Å²) in [7, 11) is -3.60. The van der Waals surface area contributed by atoms with E-state index < -0.39 is 10.0 Å². The third kappa shape index (κ3) is 3.43. The van der Waals surface area contributed by atoms with Gasteiger partial charge in [0.1, 0.15) is 0 Å². The van der Waals surface area contributed by atoms with E-state index in [4.69, 9.17) is 11.6 Å². The summed E-state index contributed by atoms with van der Waals surface area (Å²) < 4.78 is 27.8. The van der Waals surface area contributed by atoms with Crippen LogP contribution in [0.15, 0.2) is 53.7 Å². The van der Waals surface area contributed by atoms with E-state index in [1.165, 1.54) is 6.07 Å². The van der Waals surface area contributed by atoms with Gasteiger partial charge in [0, 0.05) is 17.4 Å². The topological polar surface area (TPSA) is 59.1 Å². The van der Waals surface area contributed by atoms with Crippen LogP contribution in [0.1, 0.15) is 24.4 Å². The van der Waals surface area contributed by atoms with Crippen molar-refractivity contribution >= 4 is 21.6 Å². The number of pyridine rings is 1. The molecule has 1 saturated carbocycles. The summed E-state index contributed by atoms with van der Waals surface area (Å²) in [4.78, 5) is 4.26. The maximum atomic E-state index is 12.5. The van der Waals surface area contributed by atoms with Gasteiger partial charge in [0.05, 0.1) is 10.9 Å². The lowest BCUT2D eigenvalue weighted by Crippen LogP contribution is -2.30. The molecule has 0 radical (unpaired) electrons. The van der Waals surface area contributed by atoms with Crippen molar-refractivity contribution < 1.29 is 8.42 Å². The molecule has 4 nitrogen and oxygen atoms in total. The Labute approximate surface area is 129 Å². The predicted molar refractivity (Wildman–Crippen MR) is 81.5 cm³/mol. The van der Waals surface area contributed by atoms with Gasteiger partial charge in [0.15, 0.2) is 0 Å². The van der Waals surface area contributed by atoms with Crippen LogP contribution in [-0.2, 0) is 10.0 Å². The van der Waals surface area contributed by atoms with E-state index >= 15 is 0 Å². The SMILES string of the molecule is O=S(=O)(N[C@H](c1cccnc1)C1CC1)c1cccc(Cl)c1. The molecule has 0 bridgehead atoms. The molecule has 1 aromatic carbocycles. The van der Waals surface area contributed by atoms with Crippen molar-refractivity contribution in [1.29, 1.82) is 0 Å². The standard InChI is InChI=1S/C15H15ClN2O2S/c16-13-4-1-5-14(9-13)21(19,20)18-15(11-6-7-11)12-3-2-8-17-10-12/h1-5,8-11,15,18H,6-7H2/t15-/m0/s1. The van der Waals surface area contributed by atoms with Crippen LogP contribution in [-0.4, -0.2) is 13.4 Å². The molecule has 6 heteroatoms. The molecule has 1 aromatic heterocycles. The van der Waals surface area contributed by atoms with Crippen LogP contribution >= 0.6 is 11.6 Å². The molecular formula is C15H15ClN2O2S. The molecule has 0 unspecified atom stereocenters. The van der Waals surface area contributed by atoms with Crippen molar-refractivity contribution in [2.24, 2.45) is 5.92 Å². The highest BCUT2D eigenvalue weighted by Crippen LogP contribution is 2.41. The predicted octanol–water partition coefficient (Wildman–Crippen LogP) is 3.16. The van der Waals surface area contributed by atoms with Crippen molar-refractivity contribution in [2.45, 2.75) is 23.8 Å². The van der Waals surface area contributed by atoms with Crippen molar-refractivity contribution in [1.82, 2.24) is 9.71 Å². The van der Waals surface area contributed by atoms with Gasteiger partial charge in [-0.05, 0) is 48.6 Å². The van der Waals surface area contributed by atoms with Crippen molar-refractivity contribution in [3.05, 3.63) is 59.4 Å². The number of aromatic nitrogens is 1. The maximum absolute atomic E-state index is 12.5. The number of nitrogens with zero attached hydrogens (tertiary/aromatic N) is 1. The van der Waals surface area contributed by atoms with Crippen LogP contribution in [0.2, 0.25) is 5.02 Å². The summed E-state index contributed by atoms with van der Waals surface area (Å²) in [5, 5.41) is 0.405. The van der Waals surface area contributed by atoms with Crippen LogP contribution in [0.4, 0.5) is 0 Å². The molecule has 1 fully saturated rings. The third-order valence-corrected chi connectivity index (χ3v) is 5.20. The number of halogens is 1. The fraction of sp³-hybridized carbons (Fsp3) is 0.267. The number of hydrogen-bond acceptors (Lipinski definition) is 3. The Bertz CT molecular complexity index is 730. The quantitative estimate of drug-likeness (QED) is 0.919. The summed E-state index contributed by atoms with van der Waals surface area (Å²) in [6, 6.07) is 9.77. The minimum Gasteiger partial charge on any atom is -0.264 e. The zero-order valence-electron chi connectivity index (χ0n) is 11.2. The first-order valence-corrected chi connectivity index (χ1v) is 8.60. The Morgan fingerprint density at radius 2 is 2.05 bits per heavy atom. The second-order valence-electron chi connectivity index (χ2n) is 5.18.